The fraction of sp³-hybridized carbons (Fsp3) is 0.722. The van der Waals surface area contributed by atoms with Crippen molar-refractivity contribution in [2.45, 2.75) is 70.2 Å². The summed E-state index contributed by atoms with van der Waals surface area (Å²) >= 11 is 0. The predicted molar refractivity (Wildman–Crippen MR) is 88.9 cm³/mol. The van der Waals surface area contributed by atoms with Crippen molar-refractivity contribution in [2.24, 2.45) is 11.8 Å². The first-order chi connectivity index (χ1) is 11.0. The fourth-order valence-corrected chi connectivity index (χ4v) is 3.10. The Morgan fingerprint density at radius 1 is 1.22 bits per heavy atom. The van der Waals surface area contributed by atoms with Crippen molar-refractivity contribution >= 4 is 5.97 Å². The van der Waals surface area contributed by atoms with E-state index in [0.717, 1.165) is 19.3 Å². The van der Waals surface area contributed by atoms with Gasteiger partial charge in [0.2, 0.25) is 0 Å². The Hall–Kier alpha value is -1.17. The topological polar surface area (TPSA) is 98.0 Å². The molecule has 0 unspecified atom stereocenters. The Morgan fingerprint density at radius 3 is 2.61 bits per heavy atom. The number of aliphatic hydroxyl groups is 3. The lowest BCUT2D eigenvalue weighted by Gasteiger charge is -2.19. The second-order valence-corrected chi connectivity index (χ2v) is 6.36. The standard InChI is InChI=1S/C18H30O5/c1-2-3-4-7-13(19)10-11-15-14(16(20)12-17(15)21)8-5-6-9-18(22)23/h5-6,10-11,13-17,19-21H,2-4,7-9,12H2,1H3,(H,22,23)/t13-,14+,15+,16-,17-/m0/s1. The number of aliphatic hydroxyl groups excluding tert-OH is 3. The quantitative estimate of drug-likeness (QED) is 0.365. The minimum atomic E-state index is -0.889. The van der Waals surface area contributed by atoms with E-state index < -0.39 is 24.3 Å². The van der Waals surface area contributed by atoms with Crippen LogP contribution in [0.25, 0.3) is 0 Å². The Labute approximate surface area is 138 Å². The number of unbranched alkanes of at least 4 members (excludes halogenated alkanes) is 2. The number of carboxylic acids is 1. The maximum Gasteiger partial charge on any atom is 0.307 e. The van der Waals surface area contributed by atoms with E-state index in [0.29, 0.717) is 19.3 Å². The van der Waals surface area contributed by atoms with Gasteiger partial charge in [-0.15, -0.1) is 0 Å². The molecule has 1 fully saturated rings. The third kappa shape index (κ3) is 7.29. The highest BCUT2D eigenvalue weighted by Gasteiger charge is 2.39. The van der Waals surface area contributed by atoms with E-state index >= 15 is 0 Å². The van der Waals surface area contributed by atoms with Crippen molar-refractivity contribution in [3.8, 4) is 0 Å². The van der Waals surface area contributed by atoms with Crippen molar-refractivity contribution in [1.29, 1.82) is 0 Å². The number of aliphatic carboxylic acids is 1. The second kappa shape index (κ2) is 10.6. The molecule has 1 saturated carbocycles. The zero-order valence-corrected chi connectivity index (χ0v) is 13.8. The molecule has 0 bridgehead atoms. The van der Waals surface area contributed by atoms with Crippen LogP contribution < -0.4 is 0 Å². The summed E-state index contributed by atoms with van der Waals surface area (Å²) in [6.07, 6.45) is 9.77. The summed E-state index contributed by atoms with van der Waals surface area (Å²) in [6.45, 7) is 2.11. The van der Waals surface area contributed by atoms with Crippen LogP contribution in [0.4, 0.5) is 0 Å². The van der Waals surface area contributed by atoms with Crippen LogP contribution >= 0.6 is 0 Å². The average molecular weight is 326 g/mol. The van der Waals surface area contributed by atoms with Gasteiger partial charge in [0, 0.05) is 12.3 Å². The molecule has 4 N–H and O–H groups in total. The molecule has 1 aliphatic carbocycles. The summed E-state index contributed by atoms with van der Waals surface area (Å²) < 4.78 is 0. The van der Waals surface area contributed by atoms with Crippen LogP contribution in [0.3, 0.4) is 0 Å². The SMILES string of the molecule is CCCCC[C@H](O)C=C[C@@H]1[C@@H](CC=CCC(=O)O)[C@@H](O)C[C@@H]1O. The second-order valence-electron chi connectivity index (χ2n) is 6.36. The summed E-state index contributed by atoms with van der Waals surface area (Å²) in [6, 6.07) is 0. The number of carboxylic acid groups (broad SMARTS) is 1. The fourth-order valence-electron chi connectivity index (χ4n) is 3.10. The highest BCUT2D eigenvalue weighted by atomic mass is 16.4. The van der Waals surface area contributed by atoms with E-state index in [2.05, 4.69) is 6.92 Å². The zero-order chi connectivity index (χ0) is 17.2. The van der Waals surface area contributed by atoms with Gasteiger partial charge in [0.05, 0.1) is 24.7 Å². The van der Waals surface area contributed by atoms with Crippen molar-refractivity contribution in [3.05, 3.63) is 24.3 Å². The summed E-state index contributed by atoms with van der Waals surface area (Å²) in [7, 11) is 0. The van der Waals surface area contributed by atoms with Crippen LogP contribution in [0.1, 0.15) is 51.9 Å². The van der Waals surface area contributed by atoms with Crippen LogP contribution in [0.2, 0.25) is 0 Å². The molecule has 0 spiro atoms. The number of hydrogen-bond donors (Lipinski definition) is 4. The van der Waals surface area contributed by atoms with Crippen molar-refractivity contribution < 1.29 is 25.2 Å². The van der Waals surface area contributed by atoms with E-state index in [1.807, 2.05) is 6.08 Å². The maximum atomic E-state index is 10.5. The molecule has 0 radical (unpaired) electrons. The van der Waals surface area contributed by atoms with Crippen LogP contribution in [-0.4, -0.2) is 44.7 Å². The van der Waals surface area contributed by atoms with Gasteiger partial charge in [0.1, 0.15) is 0 Å². The van der Waals surface area contributed by atoms with Crippen LogP contribution in [0.15, 0.2) is 24.3 Å². The van der Waals surface area contributed by atoms with Crippen LogP contribution in [0, 0.1) is 11.8 Å². The summed E-state index contributed by atoms with van der Waals surface area (Å²) in [4.78, 5) is 10.5. The molecule has 0 heterocycles. The van der Waals surface area contributed by atoms with E-state index in [1.165, 1.54) is 0 Å². The molecule has 0 saturated heterocycles. The Kier molecular flexibility index (Phi) is 9.14. The third-order valence-corrected chi connectivity index (χ3v) is 4.44. The van der Waals surface area contributed by atoms with Crippen molar-refractivity contribution in [2.75, 3.05) is 0 Å². The van der Waals surface area contributed by atoms with Gasteiger partial charge in [-0.25, -0.2) is 0 Å². The van der Waals surface area contributed by atoms with Gasteiger partial charge in [-0.3, -0.25) is 4.79 Å². The molecule has 5 atom stereocenters. The monoisotopic (exact) mass is 326 g/mol. The Morgan fingerprint density at radius 2 is 1.96 bits per heavy atom. The minimum absolute atomic E-state index is 0.0397. The van der Waals surface area contributed by atoms with E-state index in [1.54, 1.807) is 18.2 Å². The van der Waals surface area contributed by atoms with Crippen molar-refractivity contribution in [3.63, 3.8) is 0 Å². The zero-order valence-electron chi connectivity index (χ0n) is 13.8. The number of hydrogen-bond acceptors (Lipinski definition) is 4. The molecule has 5 nitrogen and oxygen atoms in total. The van der Waals surface area contributed by atoms with Gasteiger partial charge in [0.25, 0.3) is 0 Å². The van der Waals surface area contributed by atoms with Gasteiger partial charge in [-0.1, -0.05) is 50.5 Å². The molecule has 1 rings (SSSR count). The van der Waals surface area contributed by atoms with Gasteiger partial charge in [0.15, 0.2) is 0 Å². The predicted octanol–water partition coefficient (Wildman–Crippen LogP) is 2.26. The molecule has 132 valence electrons. The van der Waals surface area contributed by atoms with Gasteiger partial charge in [-0.05, 0) is 18.8 Å². The lowest BCUT2D eigenvalue weighted by Crippen LogP contribution is -2.20. The highest BCUT2D eigenvalue weighted by molar-refractivity contribution is 5.68. The molecule has 0 aliphatic heterocycles. The first-order valence-electron chi connectivity index (χ1n) is 8.55. The third-order valence-electron chi connectivity index (χ3n) is 4.44. The molecule has 23 heavy (non-hydrogen) atoms. The molecule has 0 aromatic rings. The van der Waals surface area contributed by atoms with Crippen LogP contribution in [-0.2, 0) is 4.79 Å². The molecule has 5 heteroatoms. The summed E-state index contributed by atoms with van der Waals surface area (Å²) in [5, 5.41) is 38.7. The lowest BCUT2D eigenvalue weighted by molar-refractivity contribution is -0.136. The van der Waals surface area contributed by atoms with Crippen molar-refractivity contribution in [1.82, 2.24) is 0 Å². The molecule has 0 aromatic heterocycles. The lowest BCUT2D eigenvalue weighted by atomic mass is 9.89. The van der Waals surface area contributed by atoms with E-state index in [4.69, 9.17) is 5.11 Å². The summed E-state index contributed by atoms with van der Waals surface area (Å²) in [5.74, 6) is -1.24. The maximum absolute atomic E-state index is 10.5. The van der Waals surface area contributed by atoms with Gasteiger partial charge < -0.3 is 20.4 Å². The summed E-state index contributed by atoms with van der Waals surface area (Å²) in [5.41, 5.74) is 0. The molecule has 0 amide bonds. The number of carbonyl (C=O) groups is 1. The van der Waals surface area contributed by atoms with E-state index in [9.17, 15) is 20.1 Å². The highest BCUT2D eigenvalue weighted by Crippen LogP contribution is 2.36. The van der Waals surface area contributed by atoms with Gasteiger partial charge in [-0.2, -0.15) is 0 Å². The first kappa shape index (κ1) is 19.9. The number of allylic oxidation sites excluding steroid dienone is 1. The van der Waals surface area contributed by atoms with E-state index in [-0.39, 0.29) is 18.3 Å². The van der Waals surface area contributed by atoms with Gasteiger partial charge >= 0.3 is 5.97 Å². The largest absolute Gasteiger partial charge is 0.481 e. The Bertz CT molecular complexity index is 404. The number of rotatable bonds is 10. The smallest absolute Gasteiger partial charge is 0.307 e. The minimum Gasteiger partial charge on any atom is -0.481 e. The molecular weight excluding hydrogens is 296 g/mol. The van der Waals surface area contributed by atoms with Crippen LogP contribution in [0.5, 0.6) is 0 Å². The molecule has 1 aliphatic rings. The normalized spacial score (nSPS) is 29.6. The first-order valence-corrected chi connectivity index (χ1v) is 8.55. The molecular formula is C18H30O5. The Balaban J connectivity index is 2.54. The molecule has 0 aromatic carbocycles. The average Bonchev–Trinajstić information content (AvgIpc) is 2.75.